The molecule has 1 aromatic carbocycles. The van der Waals surface area contributed by atoms with Crippen LogP contribution in [-0.4, -0.2) is 30.2 Å². The molecule has 0 aliphatic heterocycles. The lowest BCUT2D eigenvalue weighted by Gasteiger charge is -2.00. The third kappa shape index (κ3) is 3.12. The molecule has 0 spiro atoms. The highest BCUT2D eigenvalue weighted by Crippen LogP contribution is 2.13. The Kier molecular flexibility index (Phi) is 4.53. The normalized spacial score (nSPS) is 8.64. The largest absolute Gasteiger partial charge is 0.496 e. The summed E-state index contributed by atoms with van der Waals surface area (Å²) in [6.07, 6.45) is 0. The Labute approximate surface area is 83.9 Å². The molecule has 0 saturated carbocycles. The minimum absolute atomic E-state index is 0. The van der Waals surface area contributed by atoms with Crippen molar-refractivity contribution < 1.29 is 4.74 Å². The Balaban J connectivity index is 0.000001000. The predicted octanol–water partition coefficient (Wildman–Crippen LogP) is 1.20. The highest BCUT2D eigenvalue weighted by Gasteiger charge is 1.93. The van der Waals surface area contributed by atoms with Gasteiger partial charge < -0.3 is 4.74 Å². The Morgan fingerprint density at radius 1 is 1.27 bits per heavy atom. The monoisotopic (exact) mass is 161 g/mol. The van der Waals surface area contributed by atoms with E-state index in [1.807, 2.05) is 19.9 Å². The molecule has 1 radical (unpaired) electrons. The molecule has 1 aromatic rings. The van der Waals surface area contributed by atoms with Gasteiger partial charge >= 0.3 is 23.1 Å². The van der Waals surface area contributed by atoms with Crippen LogP contribution in [0.15, 0.2) is 12.1 Å². The van der Waals surface area contributed by atoms with Crippen LogP contribution in [-0.2, 0) is 0 Å². The standard InChI is InChI=1S/C9H11O.Mg.2H/c1-7-4-8(2)6-9(5-7)10-3;;;/h4-5H,1-3H3;;;. The summed E-state index contributed by atoms with van der Waals surface area (Å²) < 4.78 is 5.02. The van der Waals surface area contributed by atoms with Crippen molar-refractivity contribution in [1.29, 1.82) is 0 Å². The first-order valence-corrected chi connectivity index (χ1v) is 3.27. The summed E-state index contributed by atoms with van der Waals surface area (Å²) in [7, 11) is 1.66. The van der Waals surface area contributed by atoms with Gasteiger partial charge in [-0.05, 0) is 31.0 Å². The van der Waals surface area contributed by atoms with Crippen LogP contribution in [0.1, 0.15) is 11.1 Å². The Bertz CT molecular complexity index is 213. The van der Waals surface area contributed by atoms with E-state index in [9.17, 15) is 0 Å². The van der Waals surface area contributed by atoms with Crippen LogP contribution in [0.2, 0.25) is 0 Å². The number of hydrogen-bond donors (Lipinski definition) is 0. The fourth-order valence-electron chi connectivity index (χ4n) is 0.966. The van der Waals surface area contributed by atoms with Crippen LogP contribution in [0, 0.1) is 19.9 Å². The second-order valence-corrected chi connectivity index (χ2v) is 2.41. The second-order valence-electron chi connectivity index (χ2n) is 2.41. The third-order valence-corrected chi connectivity index (χ3v) is 1.34. The van der Waals surface area contributed by atoms with Crippen LogP contribution in [0.3, 0.4) is 0 Å². The molecule has 0 aliphatic carbocycles. The maximum atomic E-state index is 5.02. The number of benzene rings is 1. The van der Waals surface area contributed by atoms with Crippen molar-refractivity contribution in [1.82, 2.24) is 0 Å². The summed E-state index contributed by atoms with van der Waals surface area (Å²) in [5.41, 5.74) is 2.34. The molecule has 0 fully saturated rings. The summed E-state index contributed by atoms with van der Waals surface area (Å²) in [6.45, 7) is 4.05. The molecular weight excluding hydrogens is 148 g/mol. The van der Waals surface area contributed by atoms with Gasteiger partial charge in [-0.25, -0.2) is 0 Å². The summed E-state index contributed by atoms with van der Waals surface area (Å²) >= 11 is 0. The Morgan fingerprint density at radius 3 is 2.36 bits per heavy atom. The van der Waals surface area contributed by atoms with Gasteiger partial charge in [0, 0.05) is 6.07 Å². The molecule has 57 valence electrons. The van der Waals surface area contributed by atoms with Gasteiger partial charge in [-0.15, -0.1) is 0 Å². The van der Waals surface area contributed by atoms with Crippen LogP contribution in [0.5, 0.6) is 5.75 Å². The molecular formula is C9H13MgO. The van der Waals surface area contributed by atoms with Crippen molar-refractivity contribution in [2.75, 3.05) is 7.11 Å². The average molecular weight is 162 g/mol. The van der Waals surface area contributed by atoms with Crippen LogP contribution in [0.4, 0.5) is 0 Å². The molecule has 0 unspecified atom stereocenters. The molecule has 0 aliphatic rings. The van der Waals surface area contributed by atoms with E-state index >= 15 is 0 Å². The topological polar surface area (TPSA) is 9.23 Å². The quantitative estimate of drug-likeness (QED) is 0.563. The lowest BCUT2D eigenvalue weighted by molar-refractivity contribution is 0.413. The first-order valence-electron chi connectivity index (χ1n) is 3.27. The van der Waals surface area contributed by atoms with Gasteiger partial charge in [-0.2, -0.15) is 0 Å². The van der Waals surface area contributed by atoms with E-state index in [2.05, 4.69) is 12.1 Å². The van der Waals surface area contributed by atoms with E-state index in [-0.39, 0.29) is 23.1 Å². The third-order valence-electron chi connectivity index (χ3n) is 1.34. The molecule has 0 bridgehead atoms. The first-order chi connectivity index (χ1) is 4.72. The second kappa shape index (κ2) is 4.62. The van der Waals surface area contributed by atoms with E-state index < -0.39 is 0 Å². The smallest absolute Gasteiger partial charge is 0.316 e. The number of ether oxygens (including phenoxy) is 1. The highest BCUT2D eigenvalue weighted by molar-refractivity contribution is 5.75. The zero-order valence-electron chi connectivity index (χ0n) is 6.56. The van der Waals surface area contributed by atoms with Gasteiger partial charge in [0.25, 0.3) is 0 Å². The fourth-order valence-corrected chi connectivity index (χ4v) is 0.966. The van der Waals surface area contributed by atoms with Crippen molar-refractivity contribution in [3.63, 3.8) is 0 Å². The van der Waals surface area contributed by atoms with Crippen LogP contribution >= 0.6 is 0 Å². The van der Waals surface area contributed by atoms with Crippen molar-refractivity contribution in [3.8, 4) is 5.75 Å². The zero-order chi connectivity index (χ0) is 7.56. The number of aryl methyl sites for hydroxylation is 2. The first kappa shape index (κ1) is 10.8. The maximum Gasteiger partial charge on any atom is 0.316 e. The average Bonchev–Trinajstić information content (AvgIpc) is 1.85. The maximum absolute atomic E-state index is 5.02. The van der Waals surface area contributed by atoms with E-state index in [0.717, 1.165) is 11.3 Å². The van der Waals surface area contributed by atoms with Gasteiger partial charge in [0.05, 0.1) is 7.11 Å². The lowest BCUT2D eigenvalue weighted by Crippen LogP contribution is -1.85. The molecule has 0 saturated heterocycles. The van der Waals surface area contributed by atoms with Gasteiger partial charge in [-0.1, -0.05) is 6.07 Å². The lowest BCUT2D eigenvalue weighted by atomic mass is 10.1. The van der Waals surface area contributed by atoms with E-state index in [1.54, 1.807) is 7.11 Å². The summed E-state index contributed by atoms with van der Waals surface area (Å²) in [6, 6.07) is 7.11. The molecule has 0 N–H and O–H groups in total. The van der Waals surface area contributed by atoms with Gasteiger partial charge in [-0.3, -0.25) is 0 Å². The SMILES string of the molecule is COc1[c]c(C)cc(C)c1.[MgH2]. The Morgan fingerprint density at radius 2 is 1.91 bits per heavy atom. The molecule has 0 aromatic heterocycles. The van der Waals surface area contributed by atoms with Gasteiger partial charge in [0.15, 0.2) is 0 Å². The zero-order valence-corrected chi connectivity index (χ0v) is 6.56. The number of methoxy groups -OCH3 is 1. The molecule has 1 nitrogen and oxygen atoms in total. The summed E-state index contributed by atoms with van der Waals surface area (Å²) in [5.74, 6) is 0.817. The van der Waals surface area contributed by atoms with E-state index in [0.29, 0.717) is 0 Å². The van der Waals surface area contributed by atoms with Crippen LogP contribution in [0.25, 0.3) is 0 Å². The minimum Gasteiger partial charge on any atom is -0.496 e. The van der Waals surface area contributed by atoms with Crippen molar-refractivity contribution >= 4 is 23.1 Å². The number of hydrogen-bond acceptors (Lipinski definition) is 1. The van der Waals surface area contributed by atoms with E-state index in [4.69, 9.17) is 4.74 Å². The fraction of sp³-hybridized carbons (Fsp3) is 0.333. The van der Waals surface area contributed by atoms with Crippen LogP contribution < -0.4 is 4.74 Å². The van der Waals surface area contributed by atoms with Gasteiger partial charge in [0.2, 0.25) is 0 Å². The Hall–Kier alpha value is -0.214. The molecule has 11 heavy (non-hydrogen) atoms. The highest BCUT2D eigenvalue weighted by atomic mass is 24.3. The van der Waals surface area contributed by atoms with Gasteiger partial charge in [0.1, 0.15) is 5.75 Å². The number of rotatable bonds is 1. The molecule has 2 heteroatoms. The molecule has 0 amide bonds. The van der Waals surface area contributed by atoms with Crippen molar-refractivity contribution in [2.45, 2.75) is 13.8 Å². The molecule has 0 atom stereocenters. The summed E-state index contributed by atoms with van der Waals surface area (Å²) in [4.78, 5) is 0. The molecule has 0 heterocycles. The minimum atomic E-state index is 0. The van der Waals surface area contributed by atoms with E-state index in [1.165, 1.54) is 5.56 Å². The predicted molar refractivity (Wildman–Crippen MR) is 49.8 cm³/mol. The van der Waals surface area contributed by atoms with Crippen molar-refractivity contribution in [3.05, 3.63) is 29.3 Å². The summed E-state index contributed by atoms with van der Waals surface area (Å²) in [5, 5.41) is 0. The van der Waals surface area contributed by atoms with Crippen molar-refractivity contribution in [2.24, 2.45) is 0 Å². The molecule has 1 rings (SSSR count).